The normalized spacial score (nSPS) is 40.7. The van der Waals surface area contributed by atoms with E-state index >= 15 is 0 Å². The van der Waals surface area contributed by atoms with Gasteiger partial charge in [0.05, 0.1) is 12.2 Å². The first kappa shape index (κ1) is 19.7. The third-order valence-corrected chi connectivity index (χ3v) is 6.61. The molecule has 140 valence electrons. The van der Waals surface area contributed by atoms with Crippen molar-refractivity contribution in [3.8, 4) is 0 Å². The standard InChI is InChI=1S/C20H36O4/c1-12(2)17-9-15(5-6-19(17)21)10-18-13(3)7-16(8-14(18)4)24-11-20(22)23/h12-19,21H,5-11H2,1-4H3,(H,22,23). The van der Waals surface area contributed by atoms with Gasteiger partial charge in [-0.15, -0.1) is 0 Å². The number of aliphatic carboxylic acids is 1. The topological polar surface area (TPSA) is 66.8 Å². The number of aliphatic hydroxyl groups is 1. The van der Waals surface area contributed by atoms with E-state index in [2.05, 4.69) is 27.7 Å². The van der Waals surface area contributed by atoms with Gasteiger partial charge in [0, 0.05) is 0 Å². The Morgan fingerprint density at radius 1 is 1.12 bits per heavy atom. The summed E-state index contributed by atoms with van der Waals surface area (Å²) in [6.07, 6.45) is 6.45. The highest BCUT2D eigenvalue weighted by Gasteiger charge is 2.38. The van der Waals surface area contributed by atoms with E-state index in [1.54, 1.807) is 0 Å². The SMILES string of the molecule is CC(C)C1CC(CC2C(C)CC(OCC(=O)O)CC2C)CCC1O. The summed E-state index contributed by atoms with van der Waals surface area (Å²) in [4.78, 5) is 10.7. The molecule has 24 heavy (non-hydrogen) atoms. The van der Waals surface area contributed by atoms with Crippen LogP contribution in [0.4, 0.5) is 0 Å². The number of rotatable bonds is 6. The Bertz CT molecular complexity index is 396. The Morgan fingerprint density at radius 2 is 1.75 bits per heavy atom. The van der Waals surface area contributed by atoms with Crippen molar-refractivity contribution in [1.82, 2.24) is 0 Å². The van der Waals surface area contributed by atoms with E-state index in [1.165, 1.54) is 6.42 Å². The molecule has 0 aromatic carbocycles. The van der Waals surface area contributed by atoms with Gasteiger partial charge in [-0.1, -0.05) is 27.7 Å². The Morgan fingerprint density at radius 3 is 2.29 bits per heavy atom. The predicted octanol–water partition coefficient (Wildman–Crippen LogP) is 3.96. The van der Waals surface area contributed by atoms with Crippen LogP contribution < -0.4 is 0 Å². The highest BCUT2D eigenvalue weighted by Crippen LogP contribution is 2.44. The number of hydrogen-bond acceptors (Lipinski definition) is 3. The van der Waals surface area contributed by atoms with Gasteiger partial charge in [0.2, 0.25) is 0 Å². The van der Waals surface area contributed by atoms with Gasteiger partial charge in [0.15, 0.2) is 0 Å². The fourth-order valence-electron chi connectivity index (χ4n) is 5.22. The lowest BCUT2D eigenvalue weighted by Crippen LogP contribution is -2.38. The molecule has 0 spiro atoms. The Labute approximate surface area is 147 Å². The van der Waals surface area contributed by atoms with Crippen LogP contribution in [0.3, 0.4) is 0 Å². The second kappa shape index (κ2) is 8.66. The van der Waals surface area contributed by atoms with Crippen molar-refractivity contribution in [2.24, 2.45) is 35.5 Å². The molecule has 2 aliphatic rings. The van der Waals surface area contributed by atoms with Gasteiger partial charge in [-0.3, -0.25) is 0 Å². The predicted molar refractivity (Wildman–Crippen MR) is 94.7 cm³/mol. The monoisotopic (exact) mass is 340 g/mol. The van der Waals surface area contributed by atoms with Crippen LogP contribution in [-0.4, -0.2) is 35.0 Å². The third-order valence-electron chi connectivity index (χ3n) is 6.61. The van der Waals surface area contributed by atoms with E-state index in [0.29, 0.717) is 29.6 Å². The largest absolute Gasteiger partial charge is 0.480 e. The van der Waals surface area contributed by atoms with E-state index in [-0.39, 0.29) is 18.8 Å². The molecule has 0 amide bonds. The smallest absolute Gasteiger partial charge is 0.329 e. The zero-order valence-electron chi connectivity index (χ0n) is 15.8. The van der Waals surface area contributed by atoms with Crippen molar-refractivity contribution in [3.05, 3.63) is 0 Å². The molecule has 4 nitrogen and oxygen atoms in total. The second-order valence-corrected chi connectivity index (χ2v) is 8.81. The van der Waals surface area contributed by atoms with Crippen molar-refractivity contribution >= 4 is 5.97 Å². The van der Waals surface area contributed by atoms with E-state index < -0.39 is 5.97 Å². The Balaban J connectivity index is 1.87. The zero-order chi connectivity index (χ0) is 17.9. The Kier molecular flexibility index (Phi) is 7.11. The number of carboxylic acid groups (broad SMARTS) is 1. The molecule has 0 radical (unpaired) electrons. The number of carboxylic acids is 1. The molecule has 2 N–H and O–H groups in total. The van der Waals surface area contributed by atoms with Crippen molar-refractivity contribution in [1.29, 1.82) is 0 Å². The number of aliphatic hydroxyl groups excluding tert-OH is 1. The van der Waals surface area contributed by atoms with Crippen molar-refractivity contribution in [3.63, 3.8) is 0 Å². The van der Waals surface area contributed by atoms with Gasteiger partial charge < -0.3 is 14.9 Å². The average molecular weight is 341 g/mol. The van der Waals surface area contributed by atoms with Crippen LogP contribution in [0.2, 0.25) is 0 Å². The minimum atomic E-state index is -0.877. The molecule has 2 saturated carbocycles. The molecule has 0 bridgehead atoms. The van der Waals surface area contributed by atoms with Crippen LogP contribution in [0.25, 0.3) is 0 Å². The fraction of sp³-hybridized carbons (Fsp3) is 0.950. The van der Waals surface area contributed by atoms with E-state index in [1.807, 2.05) is 0 Å². The first-order valence-corrected chi connectivity index (χ1v) is 9.79. The number of hydrogen-bond donors (Lipinski definition) is 2. The zero-order valence-corrected chi connectivity index (χ0v) is 15.8. The van der Waals surface area contributed by atoms with Gasteiger partial charge in [0.1, 0.15) is 6.61 Å². The van der Waals surface area contributed by atoms with Gasteiger partial charge in [0.25, 0.3) is 0 Å². The van der Waals surface area contributed by atoms with E-state index in [0.717, 1.165) is 38.0 Å². The molecular weight excluding hydrogens is 304 g/mol. The lowest BCUT2D eigenvalue weighted by molar-refractivity contribution is -0.146. The number of carbonyl (C=O) groups is 1. The summed E-state index contributed by atoms with van der Waals surface area (Å²) >= 11 is 0. The quantitative estimate of drug-likeness (QED) is 0.768. The van der Waals surface area contributed by atoms with Crippen LogP contribution in [0, 0.1) is 35.5 Å². The van der Waals surface area contributed by atoms with Gasteiger partial charge in [-0.2, -0.15) is 0 Å². The summed E-state index contributed by atoms with van der Waals surface area (Å²) in [5.74, 6) is 2.71. The molecule has 5 unspecified atom stereocenters. The van der Waals surface area contributed by atoms with Gasteiger partial charge in [-0.05, 0) is 74.0 Å². The molecule has 0 aromatic rings. The van der Waals surface area contributed by atoms with Crippen LogP contribution in [0.5, 0.6) is 0 Å². The average Bonchev–Trinajstić information content (AvgIpc) is 2.50. The molecule has 2 fully saturated rings. The summed E-state index contributed by atoms with van der Waals surface area (Å²) in [6.45, 7) is 8.88. The maximum Gasteiger partial charge on any atom is 0.329 e. The summed E-state index contributed by atoms with van der Waals surface area (Å²) in [5.41, 5.74) is 0. The van der Waals surface area contributed by atoms with Gasteiger partial charge >= 0.3 is 5.97 Å². The second-order valence-electron chi connectivity index (χ2n) is 8.81. The molecule has 0 aromatic heterocycles. The molecule has 2 rings (SSSR count). The molecule has 0 saturated heterocycles. The van der Waals surface area contributed by atoms with Crippen LogP contribution in [-0.2, 0) is 9.53 Å². The van der Waals surface area contributed by atoms with Crippen molar-refractivity contribution in [2.45, 2.75) is 78.4 Å². The molecule has 5 atom stereocenters. The Hall–Kier alpha value is -0.610. The summed E-state index contributed by atoms with van der Waals surface area (Å²) in [7, 11) is 0. The van der Waals surface area contributed by atoms with Crippen molar-refractivity contribution < 1.29 is 19.7 Å². The highest BCUT2D eigenvalue weighted by molar-refractivity contribution is 5.68. The molecule has 2 aliphatic carbocycles. The molecule has 4 heteroatoms. The molecule has 0 heterocycles. The maximum absolute atomic E-state index is 10.7. The lowest BCUT2D eigenvalue weighted by Gasteiger charge is -2.43. The first-order chi connectivity index (χ1) is 11.3. The van der Waals surface area contributed by atoms with Crippen LogP contribution >= 0.6 is 0 Å². The van der Waals surface area contributed by atoms with Crippen LogP contribution in [0.1, 0.15) is 66.2 Å². The lowest BCUT2D eigenvalue weighted by atomic mass is 9.65. The molecule has 0 aliphatic heterocycles. The van der Waals surface area contributed by atoms with Crippen molar-refractivity contribution in [2.75, 3.05) is 6.61 Å². The minimum Gasteiger partial charge on any atom is -0.480 e. The fourth-order valence-corrected chi connectivity index (χ4v) is 5.22. The highest BCUT2D eigenvalue weighted by atomic mass is 16.5. The van der Waals surface area contributed by atoms with Crippen LogP contribution in [0.15, 0.2) is 0 Å². The summed E-state index contributed by atoms with van der Waals surface area (Å²) in [6, 6.07) is 0. The first-order valence-electron chi connectivity index (χ1n) is 9.79. The summed E-state index contributed by atoms with van der Waals surface area (Å²) in [5, 5.41) is 19.0. The summed E-state index contributed by atoms with van der Waals surface area (Å²) < 4.78 is 5.55. The van der Waals surface area contributed by atoms with E-state index in [9.17, 15) is 9.90 Å². The maximum atomic E-state index is 10.7. The van der Waals surface area contributed by atoms with Gasteiger partial charge in [-0.25, -0.2) is 4.79 Å². The third kappa shape index (κ3) is 5.19. The number of ether oxygens (including phenoxy) is 1. The molecular formula is C20H36O4. The van der Waals surface area contributed by atoms with E-state index in [4.69, 9.17) is 9.84 Å². The minimum absolute atomic E-state index is 0.0962.